The van der Waals surface area contributed by atoms with Crippen LogP contribution in [0.25, 0.3) is 0 Å². The Kier molecular flexibility index (Phi) is 7.52. The minimum atomic E-state index is -3.90. The molecule has 3 aromatic rings. The number of aromatic nitrogens is 2. The lowest BCUT2D eigenvalue weighted by Crippen LogP contribution is -2.18. The normalized spacial score (nSPS) is 11.9. The van der Waals surface area contributed by atoms with E-state index in [4.69, 9.17) is 5.14 Å². The maximum atomic E-state index is 12.5. The van der Waals surface area contributed by atoms with Gasteiger partial charge < -0.3 is 19.9 Å². The molecule has 34 heavy (non-hydrogen) atoms. The van der Waals surface area contributed by atoms with Crippen molar-refractivity contribution in [3.8, 4) is 0 Å². The van der Waals surface area contributed by atoms with Gasteiger partial charge in [-0.15, -0.1) is 0 Å². The van der Waals surface area contributed by atoms with E-state index in [1.54, 1.807) is 7.05 Å². The van der Waals surface area contributed by atoms with Gasteiger partial charge in [-0.3, -0.25) is 19.1 Å². The van der Waals surface area contributed by atoms with Gasteiger partial charge >= 0.3 is 0 Å². The molecule has 1 unspecified atom stereocenters. The first-order chi connectivity index (χ1) is 16.0. The zero-order valence-corrected chi connectivity index (χ0v) is 19.1. The lowest BCUT2D eigenvalue weighted by Gasteiger charge is -2.11. The molecule has 13 nitrogen and oxygen atoms in total. The molecule has 178 valence electrons. The van der Waals surface area contributed by atoms with Gasteiger partial charge in [-0.25, -0.2) is 13.6 Å². The van der Waals surface area contributed by atoms with Crippen molar-refractivity contribution in [1.82, 2.24) is 9.97 Å². The molecule has 0 saturated heterocycles. The van der Waals surface area contributed by atoms with Crippen molar-refractivity contribution in [3.63, 3.8) is 0 Å². The Hall–Kier alpha value is -3.92. The number of primary sulfonamides is 1. The molecule has 1 atom stereocenters. The Bertz CT molecular complexity index is 1350. The number of nitrogens with one attached hydrogen (secondary N) is 4. The van der Waals surface area contributed by atoms with Crippen LogP contribution in [0, 0.1) is 0 Å². The molecular formula is C19H18N7O6S2-. The lowest BCUT2D eigenvalue weighted by atomic mass is 10.2. The van der Waals surface area contributed by atoms with Crippen molar-refractivity contribution < 1.29 is 26.8 Å². The molecule has 2 aromatic carbocycles. The summed E-state index contributed by atoms with van der Waals surface area (Å²) in [6, 6.07) is 12.0. The van der Waals surface area contributed by atoms with Crippen LogP contribution in [0.1, 0.15) is 20.7 Å². The first kappa shape index (κ1) is 24.7. The molecule has 3 rings (SSSR count). The van der Waals surface area contributed by atoms with Gasteiger partial charge in [0.25, 0.3) is 11.8 Å². The van der Waals surface area contributed by atoms with Crippen molar-refractivity contribution >= 4 is 56.4 Å². The van der Waals surface area contributed by atoms with Crippen LogP contribution < -0.4 is 25.8 Å². The molecule has 0 bridgehead atoms. The van der Waals surface area contributed by atoms with Crippen LogP contribution in [0.3, 0.4) is 0 Å². The van der Waals surface area contributed by atoms with Gasteiger partial charge in [0.15, 0.2) is 0 Å². The number of rotatable bonds is 8. The number of carbonyl (C=O) groups excluding carboxylic acids is 2. The molecule has 6 N–H and O–H groups in total. The molecule has 0 spiro atoms. The number of benzene rings is 2. The Morgan fingerprint density at radius 1 is 0.912 bits per heavy atom. The number of carbonyl (C=O) groups is 2. The van der Waals surface area contributed by atoms with E-state index in [0.29, 0.717) is 5.82 Å². The summed E-state index contributed by atoms with van der Waals surface area (Å²) in [5.41, 5.74) is 0.642. The molecule has 2 amide bonds. The van der Waals surface area contributed by atoms with Crippen LogP contribution >= 0.6 is 0 Å². The second kappa shape index (κ2) is 10.3. The molecule has 0 radical (unpaired) electrons. The van der Waals surface area contributed by atoms with Crippen LogP contribution in [0.2, 0.25) is 0 Å². The minimum absolute atomic E-state index is 0.0760. The zero-order valence-electron chi connectivity index (χ0n) is 17.4. The number of amides is 2. The third-order valence-corrected chi connectivity index (χ3v) is 5.57. The number of sulfonamides is 1. The topological polar surface area (TPSA) is 208 Å². The van der Waals surface area contributed by atoms with E-state index < -0.39 is 33.1 Å². The Morgan fingerprint density at radius 3 is 1.97 bits per heavy atom. The highest BCUT2D eigenvalue weighted by Gasteiger charge is 2.14. The van der Waals surface area contributed by atoms with Gasteiger partial charge in [0.2, 0.25) is 16.0 Å². The maximum absolute atomic E-state index is 12.5. The average Bonchev–Trinajstić information content (AvgIpc) is 2.78. The van der Waals surface area contributed by atoms with Gasteiger partial charge in [-0.05, 0) is 48.5 Å². The highest BCUT2D eigenvalue weighted by Crippen LogP contribution is 2.17. The fourth-order valence-corrected chi connectivity index (χ4v) is 3.48. The lowest BCUT2D eigenvalue weighted by molar-refractivity contribution is 0.101. The Labute approximate surface area is 196 Å². The summed E-state index contributed by atoms with van der Waals surface area (Å²) in [4.78, 5) is 33.1. The van der Waals surface area contributed by atoms with Gasteiger partial charge in [-0.1, -0.05) is 0 Å². The highest BCUT2D eigenvalue weighted by atomic mass is 32.2. The number of hydrogen-bond acceptors (Lipinski definition) is 9. The molecule has 0 saturated carbocycles. The first-order valence-electron chi connectivity index (χ1n) is 9.33. The summed E-state index contributed by atoms with van der Waals surface area (Å²) < 4.78 is 46.2. The monoisotopic (exact) mass is 504 g/mol. The van der Waals surface area contributed by atoms with Gasteiger partial charge in [0.05, 0.1) is 4.90 Å². The summed E-state index contributed by atoms with van der Waals surface area (Å²) in [7, 11) is -2.32. The average molecular weight is 505 g/mol. The van der Waals surface area contributed by atoms with Crippen molar-refractivity contribution in [1.29, 1.82) is 0 Å². The summed E-state index contributed by atoms with van der Waals surface area (Å²) in [5.74, 6) is -0.911. The van der Waals surface area contributed by atoms with Crippen LogP contribution in [0.15, 0.2) is 59.5 Å². The molecule has 1 heterocycles. The van der Waals surface area contributed by atoms with E-state index in [-0.39, 0.29) is 33.5 Å². The molecule has 0 aliphatic carbocycles. The van der Waals surface area contributed by atoms with Crippen molar-refractivity contribution in [2.45, 2.75) is 4.90 Å². The largest absolute Gasteiger partial charge is 0.755 e. The fourth-order valence-electron chi connectivity index (χ4n) is 2.64. The quantitative estimate of drug-likeness (QED) is 0.275. The van der Waals surface area contributed by atoms with Gasteiger partial charge in [0.1, 0.15) is 11.6 Å². The summed E-state index contributed by atoms with van der Waals surface area (Å²) in [6.45, 7) is 0. The molecule has 0 aliphatic rings. The SMILES string of the molecule is CNc1cc(NC(=O)c2ccc(NS(=O)[O-])cc2)nc(NC(=O)c2ccc(S(N)(=O)=O)cc2)n1. The standard InChI is InChI=1S/C19H19N7O6S2/c1-21-15-10-16(22-17(27)11-2-6-13(7-3-11)26-33(29)30)24-19(23-15)25-18(28)12-4-8-14(9-5-12)34(20,31)32/h2-10,26H,1H3,(H,29,30)(H2,20,31,32)(H3,21,22,23,24,25,27,28)/p-1. The van der Waals surface area contributed by atoms with Gasteiger partial charge in [-0.2, -0.15) is 9.97 Å². The number of nitrogens with zero attached hydrogens (tertiary/aromatic N) is 2. The van der Waals surface area contributed by atoms with Gasteiger partial charge in [0, 0.05) is 41.2 Å². The Balaban J connectivity index is 1.75. The van der Waals surface area contributed by atoms with E-state index in [1.807, 2.05) is 0 Å². The first-order valence-corrected chi connectivity index (χ1v) is 12.0. The summed E-state index contributed by atoms with van der Waals surface area (Å²) in [6.07, 6.45) is 0. The van der Waals surface area contributed by atoms with Crippen LogP contribution in [0.5, 0.6) is 0 Å². The van der Waals surface area contributed by atoms with E-state index in [2.05, 4.69) is 30.6 Å². The fraction of sp³-hybridized carbons (Fsp3) is 0.0526. The van der Waals surface area contributed by atoms with E-state index in [9.17, 15) is 26.8 Å². The molecule has 15 heteroatoms. The maximum Gasteiger partial charge on any atom is 0.258 e. The minimum Gasteiger partial charge on any atom is -0.755 e. The van der Waals surface area contributed by atoms with Crippen molar-refractivity contribution in [3.05, 3.63) is 65.7 Å². The number of hydrogen-bond donors (Lipinski definition) is 5. The van der Waals surface area contributed by atoms with Crippen LogP contribution in [-0.2, 0) is 21.3 Å². The zero-order chi connectivity index (χ0) is 24.9. The van der Waals surface area contributed by atoms with E-state index in [0.717, 1.165) is 0 Å². The second-order valence-corrected chi connectivity index (χ2v) is 8.84. The third-order valence-electron chi connectivity index (χ3n) is 4.24. The predicted octanol–water partition coefficient (Wildman–Crippen LogP) is 0.876. The molecule has 1 aromatic heterocycles. The van der Waals surface area contributed by atoms with E-state index in [1.165, 1.54) is 54.6 Å². The molecular weight excluding hydrogens is 486 g/mol. The van der Waals surface area contributed by atoms with Crippen molar-refractivity contribution in [2.24, 2.45) is 5.14 Å². The molecule has 0 fully saturated rings. The van der Waals surface area contributed by atoms with Crippen LogP contribution in [-0.4, -0.2) is 46.0 Å². The predicted molar refractivity (Wildman–Crippen MR) is 124 cm³/mol. The highest BCUT2D eigenvalue weighted by molar-refractivity contribution is 7.89. The van der Waals surface area contributed by atoms with Crippen LogP contribution in [0.4, 0.5) is 23.3 Å². The molecule has 0 aliphatic heterocycles. The van der Waals surface area contributed by atoms with E-state index >= 15 is 0 Å². The van der Waals surface area contributed by atoms with Crippen molar-refractivity contribution in [2.75, 3.05) is 27.7 Å². The smallest absolute Gasteiger partial charge is 0.258 e. The number of nitrogens with two attached hydrogens (primary N) is 1. The second-order valence-electron chi connectivity index (χ2n) is 6.60. The summed E-state index contributed by atoms with van der Waals surface area (Å²) in [5, 5.41) is 12.9. The number of anilines is 4. The third kappa shape index (κ3) is 6.55. The summed E-state index contributed by atoms with van der Waals surface area (Å²) >= 11 is -2.49. The Morgan fingerprint density at radius 2 is 1.44 bits per heavy atom.